The molecule has 3 amide bonds. The Bertz CT molecular complexity index is 1050. The molecule has 1 atom stereocenters. The summed E-state index contributed by atoms with van der Waals surface area (Å²) in [6, 6.07) is 11.1. The molecule has 0 fully saturated rings. The summed E-state index contributed by atoms with van der Waals surface area (Å²) >= 11 is 0. The molecule has 11 heteroatoms. The van der Waals surface area contributed by atoms with Gasteiger partial charge >= 0.3 is 12.1 Å². The van der Waals surface area contributed by atoms with Gasteiger partial charge in [0, 0.05) is 23.2 Å². The van der Waals surface area contributed by atoms with Gasteiger partial charge < -0.3 is 26.2 Å². The highest BCUT2D eigenvalue weighted by Crippen LogP contribution is 2.14. The van der Waals surface area contributed by atoms with Crippen LogP contribution in [0.4, 0.5) is 10.5 Å². The molecule has 0 aliphatic heterocycles. The molecule has 7 N–H and O–H groups in total. The molecule has 0 spiro atoms. The van der Waals surface area contributed by atoms with Crippen LogP contribution < -0.4 is 21.7 Å². The minimum Gasteiger partial charge on any atom is -0.480 e. The lowest BCUT2D eigenvalue weighted by molar-refractivity contribution is -0.139. The highest BCUT2D eigenvalue weighted by Gasteiger charge is 2.21. The summed E-state index contributed by atoms with van der Waals surface area (Å²) < 4.78 is 4.91. The SMILES string of the molecule is CC(C)OC(=O)N[C@@H](Cc1ccc(NC(=O)c2cccc(C(=O)NC(=N)N)c2)cc1)C(=O)O. The zero-order valence-corrected chi connectivity index (χ0v) is 18.0. The van der Waals surface area contributed by atoms with Gasteiger partial charge in [-0.25, -0.2) is 9.59 Å². The predicted octanol–water partition coefficient (Wildman–Crippen LogP) is 1.69. The largest absolute Gasteiger partial charge is 0.480 e. The number of anilines is 1. The van der Waals surface area contributed by atoms with Crippen LogP contribution >= 0.6 is 0 Å². The smallest absolute Gasteiger partial charge is 0.408 e. The van der Waals surface area contributed by atoms with Crippen molar-refractivity contribution < 1.29 is 29.0 Å². The lowest BCUT2D eigenvalue weighted by Crippen LogP contribution is -2.43. The van der Waals surface area contributed by atoms with Crippen molar-refractivity contribution in [2.45, 2.75) is 32.4 Å². The second-order valence-electron chi connectivity index (χ2n) is 7.29. The van der Waals surface area contributed by atoms with Gasteiger partial charge in [-0.3, -0.25) is 20.3 Å². The van der Waals surface area contributed by atoms with E-state index in [2.05, 4.69) is 16.0 Å². The Morgan fingerprint density at radius 2 is 1.64 bits per heavy atom. The van der Waals surface area contributed by atoms with E-state index in [1.165, 1.54) is 24.3 Å². The summed E-state index contributed by atoms with van der Waals surface area (Å²) in [5, 5.41) is 23.6. The number of nitrogens with two attached hydrogens (primary N) is 1. The number of carbonyl (C=O) groups excluding carboxylic acids is 3. The number of carbonyl (C=O) groups is 4. The average molecular weight is 455 g/mol. The van der Waals surface area contributed by atoms with Gasteiger partial charge in [0.05, 0.1) is 6.10 Å². The van der Waals surface area contributed by atoms with Gasteiger partial charge in [0.15, 0.2) is 5.96 Å². The third kappa shape index (κ3) is 7.98. The first-order valence-corrected chi connectivity index (χ1v) is 9.91. The number of carboxylic acids is 1. The molecule has 0 unspecified atom stereocenters. The highest BCUT2D eigenvalue weighted by molar-refractivity contribution is 6.08. The number of rotatable bonds is 8. The molecule has 0 heterocycles. The van der Waals surface area contributed by atoms with Crippen molar-refractivity contribution in [3.8, 4) is 0 Å². The quantitative estimate of drug-likeness (QED) is 0.258. The number of hydrogen-bond donors (Lipinski definition) is 6. The molecule has 0 aromatic heterocycles. The molecule has 174 valence electrons. The Morgan fingerprint density at radius 1 is 1.03 bits per heavy atom. The van der Waals surface area contributed by atoms with Gasteiger partial charge in [-0.15, -0.1) is 0 Å². The Hall–Kier alpha value is -4.41. The van der Waals surface area contributed by atoms with Crippen molar-refractivity contribution in [3.63, 3.8) is 0 Å². The van der Waals surface area contributed by atoms with Crippen molar-refractivity contribution in [2.24, 2.45) is 5.73 Å². The topological polar surface area (TPSA) is 184 Å². The summed E-state index contributed by atoms with van der Waals surface area (Å²) in [4.78, 5) is 47.6. The van der Waals surface area contributed by atoms with Crippen molar-refractivity contribution in [1.29, 1.82) is 5.41 Å². The number of aliphatic carboxylic acids is 1. The number of carboxylic acid groups (broad SMARTS) is 1. The summed E-state index contributed by atoms with van der Waals surface area (Å²) in [5.41, 5.74) is 6.59. The van der Waals surface area contributed by atoms with Gasteiger partial charge in [-0.05, 0) is 49.7 Å². The van der Waals surface area contributed by atoms with Crippen LogP contribution in [0, 0.1) is 5.41 Å². The molecule has 0 saturated heterocycles. The van der Waals surface area contributed by atoms with Crippen LogP contribution in [-0.4, -0.2) is 47.1 Å². The Morgan fingerprint density at radius 3 is 2.18 bits per heavy atom. The number of nitrogens with one attached hydrogen (secondary N) is 4. The molecule has 0 aliphatic carbocycles. The summed E-state index contributed by atoms with van der Waals surface area (Å²) in [6.07, 6.45) is -1.18. The van der Waals surface area contributed by atoms with E-state index in [-0.39, 0.29) is 23.7 Å². The zero-order valence-electron chi connectivity index (χ0n) is 18.0. The highest BCUT2D eigenvalue weighted by atomic mass is 16.6. The van der Waals surface area contributed by atoms with Crippen LogP contribution in [0.15, 0.2) is 48.5 Å². The lowest BCUT2D eigenvalue weighted by Gasteiger charge is -2.16. The maximum atomic E-state index is 12.5. The van der Waals surface area contributed by atoms with Crippen molar-refractivity contribution in [2.75, 3.05) is 5.32 Å². The van der Waals surface area contributed by atoms with E-state index in [1.54, 1.807) is 38.1 Å². The fourth-order valence-corrected chi connectivity index (χ4v) is 2.75. The van der Waals surface area contributed by atoms with Crippen LogP contribution in [0.2, 0.25) is 0 Å². The molecule has 33 heavy (non-hydrogen) atoms. The Balaban J connectivity index is 2.03. The third-order valence-electron chi connectivity index (χ3n) is 4.22. The Kier molecular flexibility index (Phi) is 8.49. The van der Waals surface area contributed by atoms with E-state index < -0.39 is 35.9 Å². The van der Waals surface area contributed by atoms with Gasteiger partial charge in [-0.2, -0.15) is 0 Å². The van der Waals surface area contributed by atoms with E-state index in [4.69, 9.17) is 15.9 Å². The molecule has 0 aliphatic rings. The molecule has 0 bridgehead atoms. The summed E-state index contributed by atoms with van der Waals surface area (Å²) in [6.45, 7) is 3.30. The maximum absolute atomic E-state index is 12.5. The fourth-order valence-electron chi connectivity index (χ4n) is 2.75. The number of hydrogen-bond acceptors (Lipinski definition) is 6. The van der Waals surface area contributed by atoms with Crippen molar-refractivity contribution in [3.05, 3.63) is 65.2 Å². The van der Waals surface area contributed by atoms with E-state index in [1.807, 2.05) is 0 Å². The molecule has 0 saturated carbocycles. The van der Waals surface area contributed by atoms with Crippen LogP contribution in [0.25, 0.3) is 0 Å². The lowest BCUT2D eigenvalue weighted by atomic mass is 10.1. The third-order valence-corrected chi connectivity index (χ3v) is 4.22. The van der Waals surface area contributed by atoms with Crippen LogP contribution in [0.5, 0.6) is 0 Å². The van der Waals surface area contributed by atoms with E-state index in [0.717, 1.165) is 0 Å². The molecular formula is C22H25N5O6. The van der Waals surface area contributed by atoms with Crippen LogP contribution in [0.3, 0.4) is 0 Å². The number of guanidine groups is 1. The summed E-state index contributed by atoms with van der Waals surface area (Å²) in [7, 11) is 0. The molecular weight excluding hydrogens is 430 g/mol. The first-order chi connectivity index (χ1) is 15.5. The first kappa shape index (κ1) is 24.9. The second kappa shape index (κ2) is 11.3. The number of benzene rings is 2. The van der Waals surface area contributed by atoms with Gasteiger partial charge in [-0.1, -0.05) is 18.2 Å². The van der Waals surface area contributed by atoms with E-state index >= 15 is 0 Å². The monoisotopic (exact) mass is 455 g/mol. The standard InChI is InChI=1S/C22H25N5O6/c1-12(2)33-22(32)26-17(20(30)31)10-13-6-8-16(9-7-13)25-18(28)14-4-3-5-15(11-14)19(29)27-21(23)24/h3-9,11-12,17H,10H2,1-2H3,(H,25,28)(H,26,32)(H,30,31)(H4,23,24,27,29)/t17-/m0/s1. The minimum atomic E-state index is -1.21. The summed E-state index contributed by atoms with van der Waals surface area (Å²) in [5.74, 6) is -2.80. The van der Waals surface area contributed by atoms with Crippen LogP contribution in [0.1, 0.15) is 40.1 Å². The average Bonchev–Trinajstić information content (AvgIpc) is 2.73. The van der Waals surface area contributed by atoms with Gasteiger partial charge in [0.25, 0.3) is 11.8 Å². The first-order valence-electron chi connectivity index (χ1n) is 9.91. The minimum absolute atomic E-state index is 0.0179. The van der Waals surface area contributed by atoms with E-state index in [0.29, 0.717) is 11.3 Å². The molecule has 0 radical (unpaired) electrons. The van der Waals surface area contributed by atoms with Gasteiger partial charge in [0.1, 0.15) is 6.04 Å². The molecule has 2 aromatic rings. The molecule has 11 nitrogen and oxygen atoms in total. The van der Waals surface area contributed by atoms with E-state index in [9.17, 15) is 24.3 Å². The Labute approximate surface area is 189 Å². The predicted molar refractivity (Wildman–Crippen MR) is 120 cm³/mol. The zero-order chi connectivity index (χ0) is 24.5. The van der Waals surface area contributed by atoms with Gasteiger partial charge in [0.2, 0.25) is 0 Å². The molecule has 2 aromatic carbocycles. The fraction of sp³-hybridized carbons (Fsp3) is 0.227. The van der Waals surface area contributed by atoms with Crippen LogP contribution in [-0.2, 0) is 16.0 Å². The number of ether oxygens (including phenoxy) is 1. The molecule has 2 rings (SSSR count). The normalized spacial score (nSPS) is 11.2. The maximum Gasteiger partial charge on any atom is 0.408 e. The number of alkyl carbamates (subject to hydrolysis) is 1. The second-order valence-corrected chi connectivity index (χ2v) is 7.29. The van der Waals surface area contributed by atoms with Crippen molar-refractivity contribution in [1.82, 2.24) is 10.6 Å². The number of amides is 3. The van der Waals surface area contributed by atoms with Crippen molar-refractivity contribution >= 4 is 35.5 Å².